The Labute approximate surface area is 99.9 Å². The fourth-order valence-electron chi connectivity index (χ4n) is 0.817. The van der Waals surface area contributed by atoms with Crippen LogP contribution in [-0.2, 0) is 19.0 Å². The monoisotopic (exact) mass is 252 g/mol. The molecule has 0 aliphatic heterocycles. The number of hydrogen-bond acceptors (Lipinski definition) is 7. The van der Waals surface area contributed by atoms with Crippen LogP contribution in [-0.4, -0.2) is 53.9 Å². The van der Waals surface area contributed by atoms with Crippen molar-refractivity contribution in [2.45, 2.75) is 33.4 Å². The van der Waals surface area contributed by atoms with Crippen LogP contribution in [0, 0.1) is 5.41 Å². The highest BCUT2D eigenvalue weighted by molar-refractivity contribution is 5.74. The number of aliphatic hydroxyl groups is 3. The van der Waals surface area contributed by atoms with Crippen molar-refractivity contribution in [1.29, 1.82) is 0 Å². The summed E-state index contributed by atoms with van der Waals surface area (Å²) in [6, 6.07) is 0. The molecule has 1 atom stereocenters. The van der Waals surface area contributed by atoms with Crippen LogP contribution < -0.4 is 0 Å². The molecule has 0 rings (SSSR count). The summed E-state index contributed by atoms with van der Waals surface area (Å²) >= 11 is 0. The van der Waals surface area contributed by atoms with Gasteiger partial charge < -0.3 is 29.5 Å². The molecule has 0 saturated carbocycles. The van der Waals surface area contributed by atoms with Crippen LogP contribution in [0.25, 0.3) is 0 Å². The molecule has 0 aromatic carbocycles. The standard InChI is InChI=1S/C10H20O7/c1-10(2,3)5-16-6-15-4-7(11)8(12)17-9(13)14/h7,9,11,13-14H,4-6H2,1-3H3. The predicted molar refractivity (Wildman–Crippen MR) is 56.6 cm³/mol. The Morgan fingerprint density at radius 2 is 1.76 bits per heavy atom. The van der Waals surface area contributed by atoms with E-state index >= 15 is 0 Å². The predicted octanol–water partition coefficient (Wildman–Crippen LogP) is -0.804. The van der Waals surface area contributed by atoms with Crippen LogP contribution in [0.15, 0.2) is 0 Å². The maximum absolute atomic E-state index is 10.9. The normalized spacial score (nSPS) is 13.8. The molecule has 0 heterocycles. The molecule has 0 radical (unpaired) electrons. The van der Waals surface area contributed by atoms with Crippen molar-refractivity contribution in [3.05, 3.63) is 0 Å². The number of rotatable bonds is 7. The minimum absolute atomic E-state index is 0.00189. The van der Waals surface area contributed by atoms with Crippen molar-refractivity contribution >= 4 is 5.97 Å². The van der Waals surface area contributed by atoms with Crippen molar-refractivity contribution < 1.29 is 34.3 Å². The number of carbonyl (C=O) groups excluding carboxylic acids is 1. The van der Waals surface area contributed by atoms with Crippen LogP contribution in [0.1, 0.15) is 20.8 Å². The molecule has 0 amide bonds. The van der Waals surface area contributed by atoms with Gasteiger partial charge in [-0.25, -0.2) is 4.79 Å². The van der Waals surface area contributed by atoms with Crippen molar-refractivity contribution in [3.8, 4) is 0 Å². The Kier molecular flexibility index (Phi) is 7.24. The second kappa shape index (κ2) is 7.57. The summed E-state index contributed by atoms with van der Waals surface area (Å²) in [5.74, 6) is -1.17. The molecule has 0 saturated heterocycles. The first-order valence-corrected chi connectivity index (χ1v) is 5.12. The van der Waals surface area contributed by atoms with Gasteiger partial charge >= 0.3 is 12.4 Å². The summed E-state index contributed by atoms with van der Waals surface area (Å²) in [5.41, 5.74) is 0.00189. The lowest BCUT2D eigenvalue weighted by Crippen LogP contribution is -2.32. The van der Waals surface area contributed by atoms with E-state index in [1.165, 1.54) is 0 Å². The van der Waals surface area contributed by atoms with Crippen molar-refractivity contribution in [3.63, 3.8) is 0 Å². The molecule has 0 aromatic rings. The quantitative estimate of drug-likeness (QED) is 0.309. The van der Waals surface area contributed by atoms with Crippen LogP contribution >= 0.6 is 0 Å². The molecule has 0 aliphatic carbocycles. The molecule has 0 aliphatic rings. The zero-order chi connectivity index (χ0) is 13.5. The SMILES string of the molecule is CC(C)(C)COCOCC(O)C(=O)OC(O)O. The Bertz CT molecular complexity index is 221. The van der Waals surface area contributed by atoms with Crippen LogP contribution in [0.3, 0.4) is 0 Å². The first-order chi connectivity index (χ1) is 7.72. The molecule has 0 fully saturated rings. The summed E-state index contributed by atoms with van der Waals surface area (Å²) in [6.07, 6.45) is -1.57. The molecule has 102 valence electrons. The molecule has 3 N–H and O–H groups in total. The lowest BCUT2D eigenvalue weighted by Gasteiger charge is -2.18. The summed E-state index contributed by atoms with van der Waals surface area (Å²) in [4.78, 5) is 10.9. The van der Waals surface area contributed by atoms with Gasteiger partial charge in [0.2, 0.25) is 0 Å². The first-order valence-electron chi connectivity index (χ1n) is 5.12. The van der Waals surface area contributed by atoms with E-state index in [9.17, 15) is 4.79 Å². The highest BCUT2D eigenvalue weighted by atomic mass is 16.8. The minimum atomic E-state index is -2.24. The molecular weight excluding hydrogens is 232 g/mol. The zero-order valence-electron chi connectivity index (χ0n) is 10.3. The number of esters is 1. The van der Waals surface area contributed by atoms with Gasteiger partial charge in [0.05, 0.1) is 13.2 Å². The molecule has 7 nitrogen and oxygen atoms in total. The van der Waals surface area contributed by atoms with E-state index in [4.69, 9.17) is 24.8 Å². The van der Waals surface area contributed by atoms with Crippen LogP contribution in [0.5, 0.6) is 0 Å². The summed E-state index contributed by atoms with van der Waals surface area (Å²) < 4.78 is 13.9. The van der Waals surface area contributed by atoms with Gasteiger partial charge in [-0.2, -0.15) is 0 Å². The third-order valence-electron chi connectivity index (χ3n) is 1.47. The van der Waals surface area contributed by atoms with Crippen molar-refractivity contribution in [1.82, 2.24) is 0 Å². The molecule has 0 spiro atoms. The molecule has 7 heteroatoms. The van der Waals surface area contributed by atoms with Gasteiger partial charge in [-0.3, -0.25) is 0 Å². The van der Waals surface area contributed by atoms with Gasteiger partial charge in [-0.05, 0) is 5.41 Å². The largest absolute Gasteiger partial charge is 0.409 e. The summed E-state index contributed by atoms with van der Waals surface area (Å²) in [7, 11) is 0. The topological polar surface area (TPSA) is 105 Å². The molecule has 0 bridgehead atoms. The van der Waals surface area contributed by atoms with Crippen LogP contribution in [0.4, 0.5) is 0 Å². The highest BCUT2D eigenvalue weighted by Gasteiger charge is 2.19. The lowest BCUT2D eigenvalue weighted by atomic mass is 9.99. The van der Waals surface area contributed by atoms with E-state index in [1.807, 2.05) is 20.8 Å². The number of hydrogen-bond donors (Lipinski definition) is 3. The van der Waals surface area contributed by atoms with Crippen LogP contribution in [0.2, 0.25) is 0 Å². The van der Waals surface area contributed by atoms with Crippen molar-refractivity contribution in [2.75, 3.05) is 20.0 Å². The highest BCUT2D eigenvalue weighted by Crippen LogP contribution is 2.12. The molecule has 17 heavy (non-hydrogen) atoms. The third kappa shape index (κ3) is 10.2. The van der Waals surface area contributed by atoms with Gasteiger partial charge in [0.1, 0.15) is 6.79 Å². The summed E-state index contributed by atoms with van der Waals surface area (Å²) in [5, 5.41) is 25.8. The number of ether oxygens (including phenoxy) is 3. The van der Waals surface area contributed by atoms with E-state index in [1.54, 1.807) is 0 Å². The van der Waals surface area contributed by atoms with Gasteiger partial charge in [0.15, 0.2) is 6.10 Å². The second-order valence-electron chi connectivity index (χ2n) is 4.68. The van der Waals surface area contributed by atoms with Gasteiger partial charge in [-0.15, -0.1) is 0 Å². The molecule has 1 unspecified atom stereocenters. The van der Waals surface area contributed by atoms with Gasteiger partial charge in [0, 0.05) is 0 Å². The average molecular weight is 252 g/mol. The van der Waals surface area contributed by atoms with Crippen molar-refractivity contribution in [2.24, 2.45) is 5.41 Å². The zero-order valence-corrected chi connectivity index (χ0v) is 10.3. The lowest BCUT2D eigenvalue weighted by molar-refractivity contribution is -0.237. The molecular formula is C10H20O7. The minimum Gasteiger partial charge on any atom is -0.409 e. The van der Waals surface area contributed by atoms with Gasteiger partial charge in [0.25, 0.3) is 0 Å². The van der Waals surface area contributed by atoms with E-state index in [-0.39, 0.29) is 18.8 Å². The van der Waals surface area contributed by atoms with Gasteiger partial charge in [-0.1, -0.05) is 20.8 Å². The Balaban J connectivity index is 3.58. The smallest absolute Gasteiger partial charge is 0.341 e. The number of carbonyl (C=O) groups is 1. The number of aliphatic hydroxyl groups excluding tert-OH is 2. The second-order valence-corrected chi connectivity index (χ2v) is 4.68. The van der Waals surface area contributed by atoms with E-state index in [0.29, 0.717) is 6.61 Å². The maximum atomic E-state index is 10.9. The Morgan fingerprint density at radius 3 is 2.24 bits per heavy atom. The third-order valence-corrected chi connectivity index (χ3v) is 1.47. The Morgan fingerprint density at radius 1 is 1.18 bits per heavy atom. The molecule has 0 aromatic heterocycles. The van der Waals surface area contributed by atoms with E-state index in [0.717, 1.165) is 0 Å². The van der Waals surface area contributed by atoms with E-state index < -0.39 is 18.5 Å². The fraction of sp³-hybridized carbons (Fsp3) is 0.900. The Hall–Kier alpha value is -0.730. The average Bonchev–Trinajstić information content (AvgIpc) is 2.13. The first kappa shape index (κ1) is 16.3. The van der Waals surface area contributed by atoms with E-state index in [2.05, 4.69) is 4.74 Å². The fourth-order valence-corrected chi connectivity index (χ4v) is 0.817. The maximum Gasteiger partial charge on any atom is 0.341 e. The summed E-state index contributed by atoms with van der Waals surface area (Å²) in [6.45, 7) is 3.79.